The monoisotopic (exact) mass is 334 g/mol. The number of hydrogen-bond acceptors (Lipinski definition) is 5. The lowest BCUT2D eigenvalue weighted by atomic mass is 10.3. The van der Waals surface area contributed by atoms with Gasteiger partial charge in [0.2, 0.25) is 0 Å². The Morgan fingerprint density at radius 2 is 1.78 bits per heavy atom. The molecule has 0 amide bonds. The SMILES string of the molecule is CC(C)O[P@@](=O)(c1ccc(N(C)C)cc1)[C@@H](O)c1ccccn1. The van der Waals surface area contributed by atoms with E-state index in [1.165, 1.54) is 0 Å². The molecular formula is C17H23N2O3P. The van der Waals surface area contributed by atoms with Gasteiger partial charge in [-0.3, -0.25) is 9.55 Å². The second-order valence-electron chi connectivity index (χ2n) is 5.79. The van der Waals surface area contributed by atoms with Gasteiger partial charge in [0.25, 0.3) is 7.37 Å². The fraction of sp³-hybridized carbons (Fsp3) is 0.353. The molecule has 0 bridgehead atoms. The smallest absolute Gasteiger partial charge is 0.266 e. The molecule has 2 aromatic rings. The maximum Gasteiger partial charge on any atom is 0.266 e. The Morgan fingerprint density at radius 3 is 2.26 bits per heavy atom. The molecular weight excluding hydrogens is 311 g/mol. The zero-order valence-corrected chi connectivity index (χ0v) is 14.8. The van der Waals surface area contributed by atoms with Gasteiger partial charge in [-0.1, -0.05) is 6.07 Å². The van der Waals surface area contributed by atoms with E-state index in [9.17, 15) is 9.67 Å². The summed E-state index contributed by atoms with van der Waals surface area (Å²) in [7, 11) is 0.349. The summed E-state index contributed by atoms with van der Waals surface area (Å²) in [5, 5.41) is 11.1. The lowest BCUT2D eigenvalue weighted by molar-refractivity contribution is 0.186. The Kier molecular flexibility index (Phi) is 5.58. The highest BCUT2D eigenvalue weighted by Crippen LogP contribution is 2.58. The molecule has 2 rings (SSSR count). The highest BCUT2D eigenvalue weighted by atomic mass is 31.2. The van der Waals surface area contributed by atoms with Crippen LogP contribution in [0.2, 0.25) is 0 Å². The summed E-state index contributed by atoms with van der Waals surface area (Å²) in [5.41, 5.74) is 1.32. The Morgan fingerprint density at radius 1 is 1.13 bits per heavy atom. The van der Waals surface area contributed by atoms with E-state index in [4.69, 9.17) is 4.52 Å². The van der Waals surface area contributed by atoms with Crippen LogP contribution < -0.4 is 10.2 Å². The summed E-state index contributed by atoms with van der Waals surface area (Å²) in [6, 6.07) is 12.3. The number of rotatable bonds is 6. The van der Waals surface area contributed by atoms with Crippen LogP contribution in [0.1, 0.15) is 25.4 Å². The normalized spacial score (nSPS) is 15.2. The van der Waals surface area contributed by atoms with Gasteiger partial charge in [0, 0.05) is 31.3 Å². The molecule has 0 radical (unpaired) electrons. The van der Waals surface area contributed by atoms with E-state index in [1.807, 2.05) is 31.1 Å². The van der Waals surface area contributed by atoms with Crippen molar-refractivity contribution in [1.29, 1.82) is 0 Å². The largest absolute Gasteiger partial charge is 0.378 e. The molecule has 124 valence electrons. The van der Waals surface area contributed by atoms with Gasteiger partial charge < -0.3 is 14.5 Å². The van der Waals surface area contributed by atoms with E-state index < -0.39 is 13.2 Å². The first kappa shape index (κ1) is 17.7. The number of aliphatic hydroxyl groups excluding tert-OH is 1. The molecule has 0 saturated carbocycles. The molecule has 1 aromatic carbocycles. The van der Waals surface area contributed by atoms with Gasteiger partial charge in [-0.05, 0) is 50.2 Å². The van der Waals surface area contributed by atoms with Gasteiger partial charge in [-0.15, -0.1) is 0 Å². The van der Waals surface area contributed by atoms with E-state index in [0.717, 1.165) is 5.69 Å². The minimum absolute atomic E-state index is 0.285. The molecule has 2 atom stereocenters. The third kappa shape index (κ3) is 3.99. The third-order valence-electron chi connectivity index (χ3n) is 3.37. The van der Waals surface area contributed by atoms with Gasteiger partial charge in [-0.2, -0.15) is 0 Å². The van der Waals surface area contributed by atoms with Gasteiger partial charge >= 0.3 is 0 Å². The highest BCUT2D eigenvalue weighted by Gasteiger charge is 2.38. The fourth-order valence-corrected chi connectivity index (χ4v) is 4.45. The van der Waals surface area contributed by atoms with Crippen LogP contribution in [-0.4, -0.2) is 30.3 Å². The van der Waals surface area contributed by atoms with Crippen LogP contribution in [0.25, 0.3) is 0 Å². The van der Waals surface area contributed by atoms with Crippen molar-refractivity contribution in [2.75, 3.05) is 19.0 Å². The number of nitrogens with zero attached hydrogens (tertiary/aromatic N) is 2. The van der Waals surface area contributed by atoms with Crippen molar-refractivity contribution in [2.45, 2.75) is 25.8 Å². The van der Waals surface area contributed by atoms with E-state index in [1.54, 1.807) is 50.4 Å². The first-order chi connectivity index (χ1) is 10.8. The summed E-state index contributed by atoms with van der Waals surface area (Å²) >= 11 is 0. The number of pyridine rings is 1. The molecule has 1 heterocycles. The van der Waals surface area contributed by atoms with Gasteiger partial charge in [0.1, 0.15) is 0 Å². The van der Waals surface area contributed by atoms with E-state index in [-0.39, 0.29) is 6.10 Å². The predicted molar refractivity (Wildman–Crippen MR) is 93.4 cm³/mol. The molecule has 0 spiro atoms. The minimum atomic E-state index is -3.52. The molecule has 0 fully saturated rings. The van der Waals surface area contributed by atoms with E-state index in [2.05, 4.69) is 4.98 Å². The molecule has 23 heavy (non-hydrogen) atoms. The van der Waals surface area contributed by atoms with Crippen molar-refractivity contribution in [3.63, 3.8) is 0 Å². The van der Waals surface area contributed by atoms with Crippen molar-refractivity contribution < 1.29 is 14.2 Å². The van der Waals surface area contributed by atoms with Gasteiger partial charge in [0.15, 0.2) is 5.85 Å². The van der Waals surface area contributed by atoms with Crippen molar-refractivity contribution in [3.05, 3.63) is 54.4 Å². The number of aromatic nitrogens is 1. The van der Waals surface area contributed by atoms with Crippen LogP contribution in [0.4, 0.5) is 5.69 Å². The summed E-state index contributed by atoms with van der Waals surface area (Å²) in [6.45, 7) is 3.60. The Labute approximate surface area is 137 Å². The Balaban J connectivity index is 2.44. The van der Waals surface area contributed by atoms with Crippen LogP contribution in [0.3, 0.4) is 0 Å². The predicted octanol–water partition coefficient (Wildman–Crippen LogP) is 3.17. The van der Waals surface area contributed by atoms with Crippen molar-refractivity contribution in [1.82, 2.24) is 4.98 Å². The van der Waals surface area contributed by atoms with Gasteiger partial charge in [0.05, 0.1) is 11.8 Å². The first-order valence-corrected chi connectivity index (χ1v) is 9.19. The first-order valence-electron chi connectivity index (χ1n) is 7.49. The summed E-state index contributed by atoms with van der Waals surface area (Å²) in [5.74, 6) is -1.30. The topological polar surface area (TPSA) is 62.7 Å². The molecule has 5 nitrogen and oxygen atoms in total. The van der Waals surface area contributed by atoms with Crippen LogP contribution >= 0.6 is 7.37 Å². The molecule has 0 aliphatic carbocycles. The summed E-state index contributed by atoms with van der Waals surface area (Å²) in [4.78, 5) is 6.06. The Bertz CT molecular complexity index is 672. The summed E-state index contributed by atoms with van der Waals surface area (Å²) < 4.78 is 19.2. The average Bonchev–Trinajstić information content (AvgIpc) is 2.54. The molecule has 0 unspecified atom stereocenters. The van der Waals surface area contributed by atoms with Crippen molar-refractivity contribution in [2.24, 2.45) is 0 Å². The van der Waals surface area contributed by atoms with Gasteiger partial charge in [-0.25, -0.2) is 0 Å². The van der Waals surface area contributed by atoms with E-state index >= 15 is 0 Å². The zero-order chi connectivity index (χ0) is 17.0. The molecule has 1 aromatic heterocycles. The number of hydrogen-bond donors (Lipinski definition) is 1. The molecule has 0 aliphatic rings. The van der Waals surface area contributed by atoms with Crippen LogP contribution in [0.5, 0.6) is 0 Å². The minimum Gasteiger partial charge on any atom is -0.378 e. The van der Waals surface area contributed by atoms with E-state index in [0.29, 0.717) is 11.0 Å². The second-order valence-corrected chi connectivity index (χ2v) is 8.20. The quantitative estimate of drug-likeness (QED) is 0.822. The van der Waals surface area contributed by atoms with Crippen molar-refractivity contribution >= 4 is 18.4 Å². The maximum absolute atomic E-state index is 13.5. The standard InChI is InChI=1S/C17H23N2O3P/c1-13(2)22-23(21,17(20)16-7-5-6-12-18-16)15-10-8-14(9-11-15)19(3)4/h5-13,17,20H,1-4H3/t17-,23+/m1/s1. The number of benzene rings is 1. The molecule has 0 aliphatic heterocycles. The second kappa shape index (κ2) is 7.26. The van der Waals surface area contributed by atoms with Crippen LogP contribution in [-0.2, 0) is 9.09 Å². The molecule has 0 saturated heterocycles. The lowest BCUT2D eigenvalue weighted by Gasteiger charge is -2.26. The fourth-order valence-electron chi connectivity index (χ4n) is 2.23. The van der Waals surface area contributed by atoms with Crippen LogP contribution in [0, 0.1) is 0 Å². The van der Waals surface area contributed by atoms with Crippen molar-refractivity contribution in [3.8, 4) is 0 Å². The average molecular weight is 334 g/mol. The number of anilines is 1. The zero-order valence-electron chi connectivity index (χ0n) is 13.9. The maximum atomic E-state index is 13.5. The Hall–Kier alpha value is -1.68. The molecule has 6 heteroatoms. The summed E-state index contributed by atoms with van der Waals surface area (Å²) in [6.07, 6.45) is 1.28. The molecule has 1 N–H and O–H groups in total. The highest BCUT2D eigenvalue weighted by molar-refractivity contribution is 7.67. The lowest BCUT2D eigenvalue weighted by Crippen LogP contribution is -2.18. The third-order valence-corrected chi connectivity index (χ3v) is 6.03. The number of aliphatic hydroxyl groups is 1. The van der Waals surface area contributed by atoms with Crippen LogP contribution in [0.15, 0.2) is 48.7 Å².